The van der Waals surface area contributed by atoms with Gasteiger partial charge in [-0.15, -0.1) is 5.10 Å². The van der Waals surface area contributed by atoms with Crippen LogP contribution in [0.25, 0.3) is 22.3 Å². The summed E-state index contributed by atoms with van der Waals surface area (Å²) < 4.78 is 3.91. The van der Waals surface area contributed by atoms with Gasteiger partial charge in [0, 0.05) is 48.0 Å². The number of aromatic nitrogens is 5. The Hall–Kier alpha value is -2.93. The van der Waals surface area contributed by atoms with Crippen LogP contribution in [0.15, 0.2) is 49.2 Å². The Labute approximate surface area is 151 Å². The highest BCUT2D eigenvalue weighted by Crippen LogP contribution is 2.28. The highest BCUT2D eigenvalue weighted by molar-refractivity contribution is 5.80. The van der Waals surface area contributed by atoms with E-state index in [1.54, 1.807) is 6.20 Å². The van der Waals surface area contributed by atoms with Gasteiger partial charge in [-0.05, 0) is 45.1 Å². The maximum Gasteiger partial charge on any atom is 0.241 e. The van der Waals surface area contributed by atoms with Crippen molar-refractivity contribution < 1.29 is 0 Å². The zero-order valence-corrected chi connectivity index (χ0v) is 14.9. The maximum atomic E-state index is 4.63. The van der Waals surface area contributed by atoms with E-state index in [2.05, 4.69) is 57.7 Å². The van der Waals surface area contributed by atoms with Crippen molar-refractivity contribution in [3.05, 3.63) is 49.2 Å². The van der Waals surface area contributed by atoms with Crippen molar-refractivity contribution in [3.8, 4) is 11.1 Å². The second kappa shape index (κ2) is 5.81. The van der Waals surface area contributed by atoms with Crippen LogP contribution < -0.4 is 5.32 Å². The highest BCUT2D eigenvalue weighted by atomic mass is 15.3. The molecule has 1 N–H and O–H groups in total. The summed E-state index contributed by atoms with van der Waals surface area (Å²) in [7, 11) is 4.26. The summed E-state index contributed by atoms with van der Waals surface area (Å²) in [5.74, 6) is 0.687. The maximum absolute atomic E-state index is 4.63. The molecule has 132 valence electrons. The van der Waals surface area contributed by atoms with Gasteiger partial charge in [0.2, 0.25) is 5.95 Å². The lowest BCUT2D eigenvalue weighted by atomic mass is 9.86. The predicted octanol–water partition coefficient (Wildman–Crippen LogP) is 2.55. The molecular weight excluding hydrogens is 326 g/mol. The standard InChI is InChI=1S/C19H21N7/c1-24(2)15-9-14(10-15)22-19-21-11-17-16(5-7-26(17)23-19)13-3-4-18-20-6-8-25(18)12-13/h3-8,11-12,14-15H,9-10H2,1-2H3,(H,22,23)/t14-,15+. The van der Waals surface area contributed by atoms with E-state index in [1.807, 2.05) is 33.6 Å². The Morgan fingerprint density at radius 2 is 2.00 bits per heavy atom. The largest absolute Gasteiger partial charge is 0.350 e. The second-order valence-corrected chi connectivity index (χ2v) is 7.18. The summed E-state index contributed by atoms with van der Waals surface area (Å²) in [6.07, 6.45) is 12.0. The number of nitrogens with zero attached hydrogens (tertiary/aromatic N) is 6. The first kappa shape index (κ1) is 15.3. The zero-order chi connectivity index (χ0) is 17.7. The minimum absolute atomic E-state index is 0.457. The number of hydrogen-bond donors (Lipinski definition) is 1. The molecule has 0 unspecified atom stereocenters. The van der Waals surface area contributed by atoms with E-state index in [1.165, 1.54) is 0 Å². The third-order valence-electron chi connectivity index (χ3n) is 5.29. The minimum atomic E-state index is 0.457. The van der Waals surface area contributed by atoms with Gasteiger partial charge in [-0.1, -0.05) is 0 Å². The first-order chi connectivity index (χ1) is 12.7. The monoisotopic (exact) mass is 347 g/mol. The fraction of sp³-hybridized carbons (Fsp3) is 0.316. The molecule has 4 heterocycles. The van der Waals surface area contributed by atoms with Crippen LogP contribution in [0.5, 0.6) is 0 Å². The number of hydrogen-bond acceptors (Lipinski definition) is 5. The Bertz CT molecular complexity index is 1070. The van der Waals surface area contributed by atoms with Crippen molar-refractivity contribution in [1.29, 1.82) is 0 Å². The molecular formula is C19H21N7. The van der Waals surface area contributed by atoms with Crippen LogP contribution in [-0.4, -0.2) is 55.1 Å². The van der Waals surface area contributed by atoms with Crippen molar-refractivity contribution in [3.63, 3.8) is 0 Å². The number of imidazole rings is 1. The van der Waals surface area contributed by atoms with Gasteiger partial charge in [0.1, 0.15) is 5.65 Å². The van der Waals surface area contributed by atoms with Crippen LogP contribution in [0.4, 0.5) is 5.95 Å². The quantitative estimate of drug-likeness (QED) is 0.615. The van der Waals surface area contributed by atoms with Crippen LogP contribution in [-0.2, 0) is 0 Å². The predicted molar refractivity (Wildman–Crippen MR) is 101 cm³/mol. The van der Waals surface area contributed by atoms with Crippen molar-refractivity contribution in [2.75, 3.05) is 19.4 Å². The van der Waals surface area contributed by atoms with E-state index in [4.69, 9.17) is 0 Å². The number of anilines is 1. The molecule has 0 atom stereocenters. The van der Waals surface area contributed by atoms with Crippen LogP contribution in [0.2, 0.25) is 0 Å². The third-order valence-corrected chi connectivity index (χ3v) is 5.29. The van der Waals surface area contributed by atoms with E-state index in [0.29, 0.717) is 18.0 Å². The summed E-state index contributed by atoms with van der Waals surface area (Å²) in [4.78, 5) is 11.1. The fourth-order valence-corrected chi connectivity index (χ4v) is 3.60. The molecule has 0 saturated heterocycles. The Morgan fingerprint density at radius 1 is 1.12 bits per heavy atom. The van der Waals surface area contributed by atoms with E-state index in [0.717, 1.165) is 35.1 Å². The van der Waals surface area contributed by atoms with Crippen LogP contribution in [0, 0.1) is 0 Å². The summed E-state index contributed by atoms with van der Waals surface area (Å²) in [5.41, 5.74) is 4.17. The average Bonchev–Trinajstić information content (AvgIpc) is 3.22. The minimum Gasteiger partial charge on any atom is -0.350 e. The van der Waals surface area contributed by atoms with Crippen molar-refractivity contribution >= 4 is 17.1 Å². The molecule has 26 heavy (non-hydrogen) atoms. The molecule has 0 radical (unpaired) electrons. The number of fused-ring (bicyclic) bond motifs is 2. The van der Waals surface area contributed by atoms with Gasteiger partial charge in [0.05, 0.1) is 11.7 Å². The van der Waals surface area contributed by atoms with Gasteiger partial charge in [-0.25, -0.2) is 14.5 Å². The molecule has 1 fully saturated rings. The van der Waals surface area contributed by atoms with E-state index in [9.17, 15) is 0 Å². The van der Waals surface area contributed by atoms with Gasteiger partial charge in [0.25, 0.3) is 0 Å². The van der Waals surface area contributed by atoms with Gasteiger partial charge < -0.3 is 14.6 Å². The zero-order valence-electron chi connectivity index (χ0n) is 14.9. The number of rotatable bonds is 4. The molecule has 0 amide bonds. The lowest BCUT2D eigenvalue weighted by molar-refractivity contribution is 0.177. The SMILES string of the molecule is CN(C)[C@H]1C[C@@H](Nc2ncc3c(-c4ccc5nccn5c4)ccn3n2)C1. The van der Waals surface area contributed by atoms with Gasteiger partial charge in [-0.2, -0.15) is 0 Å². The van der Waals surface area contributed by atoms with Crippen LogP contribution >= 0.6 is 0 Å². The molecule has 1 aliphatic carbocycles. The first-order valence-electron chi connectivity index (χ1n) is 8.88. The molecule has 0 aliphatic heterocycles. The summed E-state index contributed by atoms with van der Waals surface area (Å²) in [6.45, 7) is 0. The first-order valence-corrected chi connectivity index (χ1v) is 8.88. The summed E-state index contributed by atoms with van der Waals surface area (Å²) >= 11 is 0. The third kappa shape index (κ3) is 2.52. The van der Waals surface area contributed by atoms with E-state index in [-0.39, 0.29) is 0 Å². The lowest BCUT2D eigenvalue weighted by Gasteiger charge is -2.39. The molecule has 5 rings (SSSR count). The van der Waals surface area contributed by atoms with Gasteiger partial charge >= 0.3 is 0 Å². The van der Waals surface area contributed by atoms with Crippen molar-refractivity contribution in [1.82, 2.24) is 28.9 Å². The van der Waals surface area contributed by atoms with Gasteiger partial charge in [0.15, 0.2) is 0 Å². The lowest BCUT2D eigenvalue weighted by Crippen LogP contribution is -2.47. The summed E-state index contributed by atoms with van der Waals surface area (Å²) in [5, 5.41) is 8.07. The van der Waals surface area contributed by atoms with Crippen molar-refractivity contribution in [2.24, 2.45) is 0 Å². The molecule has 7 nitrogen and oxygen atoms in total. The molecule has 1 aliphatic rings. The fourth-order valence-electron chi connectivity index (χ4n) is 3.60. The smallest absolute Gasteiger partial charge is 0.241 e. The number of pyridine rings is 1. The molecule has 0 aromatic carbocycles. The summed E-state index contributed by atoms with van der Waals surface area (Å²) in [6, 6.07) is 7.30. The molecule has 7 heteroatoms. The average molecular weight is 347 g/mol. The Balaban J connectivity index is 1.41. The topological polar surface area (TPSA) is 62.8 Å². The van der Waals surface area contributed by atoms with Gasteiger partial charge in [-0.3, -0.25) is 0 Å². The molecule has 4 aromatic rings. The molecule has 4 aromatic heterocycles. The van der Waals surface area contributed by atoms with E-state index < -0.39 is 0 Å². The second-order valence-electron chi connectivity index (χ2n) is 7.18. The van der Waals surface area contributed by atoms with Crippen LogP contribution in [0.1, 0.15) is 12.8 Å². The number of nitrogens with one attached hydrogen (secondary N) is 1. The normalized spacial score (nSPS) is 20.0. The molecule has 0 spiro atoms. The Kier molecular flexibility index (Phi) is 3.43. The Morgan fingerprint density at radius 3 is 2.85 bits per heavy atom. The molecule has 1 saturated carbocycles. The van der Waals surface area contributed by atoms with E-state index >= 15 is 0 Å². The molecule has 0 bridgehead atoms. The van der Waals surface area contributed by atoms with Crippen LogP contribution in [0.3, 0.4) is 0 Å². The highest BCUT2D eigenvalue weighted by Gasteiger charge is 2.30. The van der Waals surface area contributed by atoms with Crippen molar-refractivity contribution in [2.45, 2.75) is 24.9 Å².